The second kappa shape index (κ2) is 6.34. The van der Waals surface area contributed by atoms with Crippen LogP contribution in [-0.4, -0.2) is 36.9 Å². The maximum absolute atomic E-state index is 12.7. The van der Waals surface area contributed by atoms with Crippen molar-refractivity contribution in [3.05, 3.63) is 35.4 Å². The van der Waals surface area contributed by atoms with E-state index in [0.29, 0.717) is 13.0 Å². The van der Waals surface area contributed by atoms with Gasteiger partial charge in [-0.1, -0.05) is 42.7 Å². The number of benzene rings is 1. The van der Waals surface area contributed by atoms with Gasteiger partial charge in [0.2, 0.25) is 11.8 Å². The van der Waals surface area contributed by atoms with Gasteiger partial charge >= 0.3 is 0 Å². The molecule has 0 bridgehead atoms. The third-order valence-corrected chi connectivity index (χ3v) is 5.64. The number of nitrogens with zero attached hydrogens (tertiary/aromatic N) is 1. The number of carbonyl (C=O) groups excluding carboxylic acids is 2. The Morgan fingerprint density at radius 1 is 1.22 bits per heavy atom. The Balaban J connectivity index is 1.72. The van der Waals surface area contributed by atoms with Crippen molar-refractivity contribution in [3.8, 4) is 0 Å². The molecule has 2 aliphatic rings. The van der Waals surface area contributed by atoms with Gasteiger partial charge in [0.05, 0.1) is 12.3 Å². The molecule has 4 nitrogen and oxygen atoms in total. The minimum atomic E-state index is -0.0445. The normalized spacial score (nSPS) is 22.5. The predicted octanol–water partition coefficient (Wildman–Crippen LogP) is 2.30. The minimum Gasteiger partial charge on any atom is -0.359 e. The lowest BCUT2D eigenvalue weighted by Crippen LogP contribution is -2.38. The van der Waals surface area contributed by atoms with Gasteiger partial charge in [-0.3, -0.25) is 9.59 Å². The van der Waals surface area contributed by atoms with Gasteiger partial charge in [-0.15, -0.1) is 0 Å². The Bertz CT molecular complexity index is 588. The Morgan fingerprint density at radius 3 is 2.48 bits per heavy atom. The van der Waals surface area contributed by atoms with Crippen LogP contribution >= 0.6 is 0 Å². The molecule has 23 heavy (non-hydrogen) atoms. The largest absolute Gasteiger partial charge is 0.359 e. The number of likely N-dealkylation sites (tertiary alicyclic amines) is 1. The van der Waals surface area contributed by atoms with E-state index < -0.39 is 0 Å². The highest BCUT2D eigenvalue weighted by Gasteiger charge is 2.51. The highest BCUT2D eigenvalue weighted by atomic mass is 16.2. The van der Waals surface area contributed by atoms with Gasteiger partial charge in [0.15, 0.2) is 0 Å². The molecule has 1 aliphatic heterocycles. The van der Waals surface area contributed by atoms with Crippen LogP contribution in [0.4, 0.5) is 0 Å². The average Bonchev–Trinajstić information content (AvgIpc) is 3.17. The molecule has 3 rings (SSSR count). The second-order valence-electron chi connectivity index (χ2n) is 7.17. The van der Waals surface area contributed by atoms with E-state index in [1.54, 1.807) is 7.05 Å². The zero-order valence-electron chi connectivity index (χ0n) is 14.1. The summed E-state index contributed by atoms with van der Waals surface area (Å²) in [4.78, 5) is 26.9. The van der Waals surface area contributed by atoms with E-state index in [9.17, 15) is 9.59 Å². The number of nitrogens with one attached hydrogen (secondary N) is 1. The molecule has 1 N–H and O–H groups in total. The first-order valence-electron chi connectivity index (χ1n) is 8.59. The Hall–Kier alpha value is -1.84. The first-order valence-corrected chi connectivity index (χ1v) is 8.59. The van der Waals surface area contributed by atoms with E-state index in [2.05, 4.69) is 5.32 Å². The highest BCUT2D eigenvalue weighted by Crippen LogP contribution is 2.49. The van der Waals surface area contributed by atoms with E-state index in [-0.39, 0.29) is 23.1 Å². The van der Waals surface area contributed by atoms with Crippen molar-refractivity contribution in [2.75, 3.05) is 20.1 Å². The summed E-state index contributed by atoms with van der Waals surface area (Å²) in [7, 11) is 1.70. The van der Waals surface area contributed by atoms with Gasteiger partial charge in [-0.2, -0.15) is 0 Å². The summed E-state index contributed by atoms with van der Waals surface area (Å²) in [6.45, 7) is 3.37. The van der Waals surface area contributed by atoms with Crippen molar-refractivity contribution < 1.29 is 9.59 Å². The Morgan fingerprint density at radius 2 is 1.87 bits per heavy atom. The van der Waals surface area contributed by atoms with Crippen LogP contribution in [-0.2, 0) is 16.0 Å². The van der Waals surface area contributed by atoms with Gasteiger partial charge < -0.3 is 10.2 Å². The number of carbonyl (C=O) groups is 2. The average molecular weight is 314 g/mol. The SMILES string of the molecule is CNC(=O)[C@@H]1CN(C(=O)Cc2ccc(C)cc2)CC12CCCC2. The summed E-state index contributed by atoms with van der Waals surface area (Å²) in [6.07, 6.45) is 4.91. The second-order valence-corrected chi connectivity index (χ2v) is 7.17. The maximum Gasteiger partial charge on any atom is 0.227 e. The molecule has 0 aromatic heterocycles. The summed E-state index contributed by atoms with van der Waals surface area (Å²) in [5.41, 5.74) is 2.26. The fourth-order valence-corrected chi connectivity index (χ4v) is 4.27. The molecule has 2 fully saturated rings. The summed E-state index contributed by atoms with van der Waals surface area (Å²) in [6, 6.07) is 8.12. The number of aryl methyl sites for hydroxylation is 1. The van der Waals surface area contributed by atoms with Gasteiger partial charge in [-0.25, -0.2) is 0 Å². The van der Waals surface area contributed by atoms with Crippen LogP contribution in [0.1, 0.15) is 36.8 Å². The lowest BCUT2D eigenvalue weighted by atomic mass is 9.76. The molecule has 1 heterocycles. The molecule has 124 valence electrons. The van der Waals surface area contributed by atoms with Crippen molar-refractivity contribution in [3.63, 3.8) is 0 Å². The Labute approximate surface area is 138 Å². The summed E-state index contributed by atoms with van der Waals surface area (Å²) in [5, 5.41) is 2.80. The molecule has 2 amide bonds. The quantitative estimate of drug-likeness (QED) is 0.931. The molecular weight excluding hydrogens is 288 g/mol. The first kappa shape index (κ1) is 16.0. The van der Waals surface area contributed by atoms with Crippen molar-refractivity contribution in [1.29, 1.82) is 0 Å². The molecule has 4 heteroatoms. The van der Waals surface area contributed by atoms with Crippen molar-refractivity contribution >= 4 is 11.8 Å². The molecule has 1 aromatic carbocycles. The Kier molecular flexibility index (Phi) is 4.42. The summed E-state index contributed by atoms with van der Waals surface area (Å²) in [5.74, 6) is 0.195. The zero-order valence-corrected chi connectivity index (χ0v) is 14.1. The highest BCUT2D eigenvalue weighted by molar-refractivity contribution is 5.84. The third-order valence-electron chi connectivity index (χ3n) is 5.64. The lowest BCUT2D eigenvalue weighted by molar-refractivity contribution is -0.130. The topological polar surface area (TPSA) is 49.4 Å². The fraction of sp³-hybridized carbons (Fsp3) is 0.579. The van der Waals surface area contributed by atoms with Crippen LogP contribution in [0.3, 0.4) is 0 Å². The zero-order chi connectivity index (χ0) is 16.4. The minimum absolute atomic E-state index is 0.0169. The van der Waals surface area contributed by atoms with Crippen LogP contribution in [0, 0.1) is 18.3 Å². The van der Waals surface area contributed by atoms with Gasteiger partial charge in [0.25, 0.3) is 0 Å². The van der Waals surface area contributed by atoms with Crippen LogP contribution in [0.5, 0.6) is 0 Å². The van der Waals surface area contributed by atoms with E-state index in [1.807, 2.05) is 36.1 Å². The molecule has 1 atom stereocenters. The fourth-order valence-electron chi connectivity index (χ4n) is 4.27. The van der Waals surface area contributed by atoms with Crippen LogP contribution in [0.15, 0.2) is 24.3 Å². The number of hydrogen-bond acceptors (Lipinski definition) is 2. The number of hydrogen-bond donors (Lipinski definition) is 1. The predicted molar refractivity (Wildman–Crippen MR) is 89.9 cm³/mol. The molecule has 0 radical (unpaired) electrons. The number of rotatable bonds is 3. The van der Waals surface area contributed by atoms with E-state index in [1.165, 1.54) is 18.4 Å². The van der Waals surface area contributed by atoms with Crippen molar-refractivity contribution in [1.82, 2.24) is 10.2 Å². The molecule has 1 saturated heterocycles. The van der Waals surface area contributed by atoms with E-state index >= 15 is 0 Å². The van der Waals surface area contributed by atoms with Gasteiger partial charge in [0.1, 0.15) is 0 Å². The van der Waals surface area contributed by atoms with Gasteiger partial charge in [0, 0.05) is 25.6 Å². The molecule has 1 saturated carbocycles. The molecule has 1 aliphatic carbocycles. The van der Waals surface area contributed by atoms with Crippen molar-refractivity contribution in [2.24, 2.45) is 11.3 Å². The molecular formula is C19H26N2O2. The summed E-state index contributed by atoms with van der Waals surface area (Å²) >= 11 is 0. The first-order chi connectivity index (χ1) is 11.0. The van der Waals surface area contributed by atoms with Crippen LogP contribution in [0.25, 0.3) is 0 Å². The monoisotopic (exact) mass is 314 g/mol. The standard InChI is InChI=1S/C19H26N2O2/c1-14-5-7-15(8-6-14)11-17(22)21-12-16(18(23)20-2)19(13-21)9-3-4-10-19/h5-8,16H,3-4,9-13H2,1-2H3,(H,20,23)/t16-/m0/s1. The molecule has 0 unspecified atom stereocenters. The molecule has 1 aromatic rings. The van der Waals surface area contributed by atoms with Crippen LogP contribution in [0.2, 0.25) is 0 Å². The maximum atomic E-state index is 12.7. The lowest BCUT2D eigenvalue weighted by Gasteiger charge is -2.28. The van der Waals surface area contributed by atoms with E-state index in [0.717, 1.165) is 24.9 Å². The molecule has 1 spiro atoms. The van der Waals surface area contributed by atoms with Gasteiger partial charge in [-0.05, 0) is 25.3 Å². The number of amides is 2. The van der Waals surface area contributed by atoms with E-state index in [4.69, 9.17) is 0 Å². The van der Waals surface area contributed by atoms with Crippen LogP contribution < -0.4 is 5.32 Å². The smallest absolute Gasteiger partial charge is 0.227 e. The summed E-state index contributed by atoms with van der Waals surface area (Å²) < 4.78 is 0. The van der Waals surface area contributed by atoms with Crippen molar-refractivity contribution in [2.45, 2.75) is 39.0 Å². The third kappa shape index (κ3) is 3.12.